The van der Waals surface area contributed by atoms with E-state index in [1.165, 1.54) is 5.56 Å². The molecular formula is C26H26N2O2S. The van der Waals surface area contributed by atoms with Crippen molar-refractivity contribution in [1.29, 1.82) is 0 Å². The molecule has 0 aliphatic heterocycles. The topological polar surface area (TPSA) is 54.1 Å². The van der Waals surface area contributed by atoms with Gasteiger partial charge in [-0.1, -0.05) is 59.8 Å². The van der Waals surface area contributed by atoms with E-state index < -0.39 is 0 Å². The predicted molar refractivity (Wildman–Crippen MR) is 127 cm³/mol. The van der Waals surface area contributed by atoms with Crippen molar-refractivity contribution < 1.29 is 9.53 Å². The highest BCUT2D eigenvalue weighted by Crippen LogP contribution is 2.36. The number of hydrogen-bond acceptors (Lipinski definition) is 3. The molecule has 1 heterocycles. The first-order valence-corrected chi connectivity index (χ1v) is 11.2. The lowest BCUT2D eigenvalue weighted by Gasteiger charge is -2.11. The maximum atomic E-state index is 13.1. The van der Waals surface area contributed by atoms with Gasteiger partial charge >= 0.3 is 0 Å². The van der Waals surface area contributed by atoms with E-state index in [0.717, 1.165) is 32.0 Å². The van der Waals surface area contributed by atoms with Crippen LogP contribution in [0.1, 0.15) is 35.5 Å². The van der Waals surface area contributed by atoms with Gasteiger partial charge in [0, 0.05) is 22.3 Å². The first-order chi connectivity index (χ1) is 15.0. The van der Waals surface area contributed by atoms with Crippen LogP contribution in [0.4, 0.5) is 0 Å². The molecule has 0 aliphatic rings. The molecule has 0 unspecified atom stereocenters. The van der Waals surface area contributed by atoms with Crippen LogP contribution < -0.4 is 10.1 Å². The molecule has 2 N–H and O–H groups in total. The quantitative estimate of drug-likeness (QED) is 0.359. The molecule has 5 heteroatoms. The van der Waals surface area contributed by atoms with Crippen molar-refractivity contribution in [3.8, 4) is 5.75 Å². The van der Waals surface area contributed by atoms with E-state index in [0.29, 0.717) is 12.2 Å². The number of para-hydroxylation sites is 1. The summed E-state index contributed by atoms with van der Waals surface area (Å²) in [6.45, 7) is 6.52. The standard InChI is InChI=1S/C26H26N2O2S/c1-17(2)30-20-12-10-19(11-13-20)16-27-26(29)24-25(22-6-4-5-7-23(22)28-24)31-21-14-8-18(3)9-15-21/h4-15,17,28H,16H2,1-3H3,(H,27,29). The van der Waals surface area contributed by atoms with Crippen LogP contribution in [-0.2, 0) is 6.54 Å². The minimum absolute atomic E-state index is 0.117. The van der Waals surface area contributed by atoms with Gasteiger partial charge in [-0.05, 0) is 56.7 Å². The molecule has 4 rings (SSSR count). The van der Waals surface area contributed by atoms with E-state index in [1.807, 2.05) is 62.4 Å². The van der Waals surface area contributed by atoms with Crippen molar-refractivity contribution in [3.05, 3.63) is 89.6 Å². The van der Waals surface area contributed by atoms with Gasteiger partial charge in [-0.15, -0.1) is 0 Å². The normalized spacial score (nSPS) is 11.1. The van der Waals surface area contributed by atoms with Crippen LogP contribution >= 0.6 is 11.8 Å². The van der Waals surface area contributed by atoms with Gasteiger partial charge in [0.05, 0.1) is 11.0 Å². The van der Waals surface area contributed by atoms with Crippen molar-refractivity contribution in [1.82, 2.24) is 10.3 Å². The zero-order valence-electron chi connectivity index (χ0n) is 17.9. The second kappa shape index (κ2) is 9.31. The highest BCUT2D eigenvalue weighted by molar-refractivity contribution is 7.99. The minimum Gasteiger partial charge on any atom is -0.491 e. The average molecular weight is 431 g/mol. The summed E-state index contributed by atoms with van der Waals surface area (Å²) in [6.07, 6.45) is 0.136. The van der Waals surface area contributed by atoms with E-state index in [9.17, 15) is 4.79 Å². The first kappa shape index (κ1) is 21.1. The Morgan fingerprint density at radius 3 is 2.42 bits per heavy atom. The molecular weight excluding hydrogens is 404 g/mol. The van der Waals surface area contributed by atoms with Gasteiger partial charge in [-0.3, -0.25) is 4.79 Å². The molecule has 0 spiro atoms. The predicted octanol–water partition coefficient (Wildman–Crippen LogP) is 6.34. The number of carbonyl (C=O) groups excluding carboxylic acids is 1. The number of hydrogen-bond donors (Lipinski definition) is 2. The number of H-pyrrole nitrogens is 1. The molecule has 4 nitrogen and oxygen atoms in total. The molecule has 31 heavy (non-hydrogen) atoms. The lowest BCUT2D eigenvalue weighted by molar-refractivity contribution is 0.0944. The molecule has 0 saturated heterocycles. The monoisotopic (exact) mass is 430 g/mol. The molecule has 0 fully saturated rings. The Balaban J connectivity index is 1.54. The summed E-state index contributed by atoms with van der Waals surface area (Å²) in [5.74, 6) is 0.714. The summed E-state index contributed by atoms with van der Waals surface area (Å²) in [5, 5.41) is 4.10. The van der Waals surface area contributed by atoms with Gasteiger partial charge in [0.1, 0.15) is 11.4 Å². The van der Waals surface area contributed by atoms with E-state index in [4.69, 9.17) is 4.74 Å². The van der Waals surface area contributed by atoms with Crippen molar-refractivity contribution in [2.45, 2.75) is 43.2 Å². The molecule has 0 saturated carbocycles. The maximum absolute atomic E-state index is 13.1. The number of benzene rings is 3. The Labute approximate surface area is 187 Å². The van der Waals surface area contributed by atoms with Gasteiger partial charge in [0.2, 0.25) is 0 Å². The van der Waals surface area contributed by atoms with Crippen LogP contribution in [0.15, 0.2) is 82.6 Å². The molecule has 1 aromatic heterocycles. The van der Waals surface area contributed by atoms with E-state index in [2.05, 4.69) is 41.5 Å². The van der Waals surface area contributed by atoms with Crippen LogP contribution in [0.2, 0.25) is 0 Å². The Morgan fingerprint density at radius 2 is 1.71 bits per heavy atom. The third kappa shape index (κ3) is 5.12. The maximum Gasteiger partial charge on any atom is 0.269 e. The Morgan fingerprint density at radius 1 is 1.00 bits per heavy atom. The molecule has 1 amide bonds. The summed E-state index contributed by atoms with van der Waals surface area (Å²) >= 11 is 1.61. The summed E-state index contributed by atoms with van der Waals surface area (Å²) < 4.78 is 5.68. The zero-order chi connectivity index (χ0) is 21.8. The molecule has 158 valence electrons. The molecule has 3 aromatic carbocycles. The van der Waals surface area contributed by atoms with Crippen molar-refractivity contribution in [2.75, 3.05) is 0 Å². The number of ether oxygens (including phenoxy) is 1. The first-order valence-electron chi connectivity index (χ1n) is 10.4. The molecule has 0 aliphatic carbocycles. The van der Waals surface area contributed by atoms with Crippen LogP contribution in [0.3, 0.4) is 0 Å². The fourth-order valence-electron chi connectivity index (χ4n) is 3.34. The van der Waals surface area contributed by atoms with E-state index in [1.54, 1.807) is 11.8 Å². The molecule has 0 bridgehead atoms. The average Bonchev–Trinajstić information content (AvgIpc) is 3.13. The highest BCUT2D eigenvalue weighted by Gasteiger charge is 2.18. The van der Waals surface area contributed by atoms with Crippen molar-refractivity contribution >= 4 is 28.6 Å². The second-order valence-corrected chi connectivity index (χ2v) is 8.87. The number of carbonyl (C=O) groups is 1. The third-order valence-corrected chi connectivity index (χ3v) is 6.01. The summed E-state index contributed by atoms with van der Waals surface area (Å²) in [7, 11) is 0. The van der Waals surface area contributed by atoms with Crippen LogP contribution in [0.25, 0.3) is 10.9 Å². The van der Waals surface area contributed by atoms with Gasteiger partial charge in [0.15, 0.2) is 0 Å². The third-order valence-electron chi connectivity index (χ3n) is 4.87. The zero-order valence-corrected chi connectivity index (χ0v) is 18.8. The summed E-state index contributed by atoms with van der Waals surface area (Å²) in [6, 6.07) is 24.2. The number of fused-ring (bicyclic) bond motifs is 1. The Kier molecular flexibility index (Phi) is 6.33. The van der Waals surface area contributed by atoms with Crippen LogP contribution in [0.5, 0.6) is 5.75 Å². The lowest BCUT2D eigenvalue weighted by Crippen LogP contribution is -2.23. The smallest absolute Gasteiger partial charge is 0.269 e. The fourth-order valence-corrected chi connectivity index (χ4v) is 4.38. The van der Waals surface area contributed by atoms with Crippen LogP contribution in [-0.4, -0.2) is 17.0 Å². The number of rotatable bonds is 7. The second-order valence-electron chi connectivity index (χ2n) is 7.78. The van der Waals surface area contributed by atoms with Crippen LogP contribution in [0, 0.1) is 6.92 Å². The Bertz CT molecular complexity index is 1180. The molecule has 0 atom stereocenters. The van der Waals surface area contributed by atoms with Gasteiger partial charge < -0.3 is 15.0 Å². The largest absolute Gasteiger partial charge is 0.491 e. The lowest BCUT2D eigenvalue weighted by atomic mass is 10.2. The number of aryl methyl sites for hydroxylation is 1. The van der Waals surface area contributed by atoms with Gasteiger partial charge in [-0.2, -0.15) is 0 Å². The van der Waals surface area contributed by atoms with Gasteiger partial charge in [-0.25, -0.2) is 0 Å². The fraction of sp³-hybridized carbons (Fsp3) is 0.192. The van der Waals surface area contributed by atoms with E-state index in [-0.39, 0.29) is 12.0 Å². The minimum atomic E-state index is -0.117. The highest BCUT2D eigenvalue weighted by atomic mass is 32.2. The van der Waals surface area contributed by atoms with Crippen molar-refractivity contribution in [3.63, 3.8) is 0 Å². The summed E-state index contributed by atoms with van der Waals surface area (Å²) in [5.41, 5.74) is 3.78. The number of aromatic amines is 1. The Hall–Kier alpha value is -3.18. The van der Waals surface area contributed by atoms with Gasteiger partial charge in [0.25, 0.3) is 5.91 Å². The number of nitrogens with one attached hydrogen (secondary N) is 2. The summed E-state index contributed by atoms with van der Waals surface area (Å²) in [4.78, 5) is 18.4. The molecule has 0 radical (unpaired) electrons. The van der Waals surface area contributed by atoms with E-state index >= 15 is 0 Å². The number of amides is 1. The molecule has 4 aromatic rings. The number of aromatic nitrogens is 1. The SMILES string of the molecule is Cc1ccc(Sc2c(C(=O)NCc3ccc(OC(C)C)cc3)[nH]c3ccccc23)cc1. The van der Waals surface area contributed by atoms with Crippen molar-refractivity contribution in [2.24, 2.45) is 0 Å².